The van der Waals surface area contributed by atoms with Gasteiger partial charge in [-0.25, -0.2) is 0 Å². The molecule has 0 radical (unpaired) electrons. The smallest absolute Gasteiger partial charge is 0.311 e. The number of amides is 1. The van der Waals surface area contributed by atoms with E-state index in [-0.39, 0.29) is 31.7 Å². The van der Waals surface area contributed by atoms with Crippen LogP contribution in [0, 0.1) is 23.7 Å². The van der Waals surface area contributed by atoms with Gasteiger partial charge in [0.2, 0.25) is 5.91 Å². The molecular formula is C42H79N3O14. The van der Waals surface area contributed by atoms with Crippen molar-refractivity contribution in [2.45, 2.75) is 185 Å². The molecule has 0 aliphatic carbocycles. The van der Waals surface area contributed by atoms with Crippen molar-refractivity contribution in [2.24, 2.45) is 23.7 Å². The van der Waals surface area contributed by atoms with Crippen molar-refractivity contribution < 1.29 is 68.6 Å². The number of carbonyl (C=O) groups excluding carboxylic acids is 2. The van der Waals surface area contributed by atoms with Crippen LogP contribution in [-0.2, 0) is 38.0 Å². The fourth-order valence-electron chi connectivity index (χ4n) is 9.27. The van der Waals surface area contributed by atoms with Crippen LogP contribution in [0.15, 0.2) is 0 Å². The minimum Gasteiger partial charge on any atom is -0.459 e. The molecule has 3 heterocycles. The topological polar surface area (TPSA) is 229 Å². The van der Waals surface area contributed by atoms with Crippen LogP contribution in [-0.4, -0.2) is 191 Å². The second-order valence-corrected chi connectivity index (χ2v) is 18.7. The lowest BCUT2D eigenvalue weighted by Gasteiger charge is -2.49. The van der Waals surface area contributed by atoms with Crippen molar-refractivity contribution in [3.05, 3.63) is 0 Å². The van der Waals surface area contributed by atoms with E-state index in [2.05, 4.69) is 5.32 Å². The maximum Gasteiger partial charge on any atom is 0.311 e. The molecule has 0 unspecified atom stereocenters. The summed E-state index contributed by atoms with van der Waals surface area (Å²) in [7, 11) is 6.97. The Morgan fingerprint density at radius 3 is 2.10 bits per heavy atom. The number of nitrogens with one attached hydrogen (secondary N) is 1. The Hall–Kier alpha value is -1.58. The van der Waals surface area contributed by atoms with Crippen molar-refractivity contribution in [1.82, 2.24) is 15.1 Å². The Kier molecular flexibility index (Phi) is 18.6. The Morgan fingerprint density at radius 1 is 0.898 bits per heavy atom. The zero-order valence-electron chi connectivity index (χ0n) is 38.0. The van der Waals surface area contributed by atoms with Crippen molar-refractivity contribution in [1.29, 1.82) is 0 Å². The van der Waals surface area contributed by atoms with Crippen LogP contribution in [0.25, 0.3) is 0 Å². The molecule has 0 bridgehead atoms. The molecule has 59 heavy (non-hydrogen) atoms. The van der Waals surface area contributed by atoms with Gasteiger partial charge in [0.15, 0.2) is 12.6 Å². The van der Waals surface area contributed by atoms with E-state index >= 15 is 0 Å². The third-order valence-corrected chi connectivity index (χ3v) is 13.3. The number of methoxy groups -OCH3 is 1. The lowest BCUT2D eigenvalue weighted by molar-refractivity contribution is -0.318. The van der Waals surface area contributed by atoms with Crippen LogP contribution in [0.1, 0.15) is 94.9 Å². The molecule has 17 nitrogen and oxygen atoms in total. The first-order valence-electron chi connectivity index (χ1n) is 21.4. The largest absolute Gasteiger partial charge is 0.459 e. The van der Waals surface area contributed by atoms with E-state index in [1.54, 1.807) is 62.4 Å². The standard InChI is InChI=1S/C42H79N3O14/c1-15-29-42(10,53)35(49)24(4)32(47)22(2)19-40(8,52)37(59-39-33(48)28(18-23(3)55-39)45(13)30(46)21-43-16-17-44(11)12)25(5)34(26(6)38(51)57-29)58-31-20-41(9,54-14)36(50)27(7)56-31/h22-29,31-37,39,43,47-50,52-53H,15-21H2,1-14H3/t22-,23-,24+,25+,26-,27+,28+,29-,31+,32+,33-,34+,35-,36+,37-,39+,40-,41-,42-/m1/s1. The van der Waals surface area contributed by atoms with Gasteiger partial charge < -0.3 is 74.2 Å². The molecule has 3 rings (SSSR count). The summed E-state index contributed by atoms with van der Waals surface area (Å²) >= 11 is 0. The molecular weight excluding hydrogens is 770 g/mol. The third-order valence-electron chi connectivity index (χ3n) is 13.3. The van der Waals surface area contributed by atoms with E-state index in [4.69, 9.17) is 28.4 Å². The summed E-state index contributed by atoms with van der Waals surface area (Å²) in [5.41, 5.74) is -4.88. The number of aliphatic hydroxyl groups is 6. The molecule has 3 fully saturated rings. The summed E-state index contributed by atoms with van der Waals surface area (Å²) in [4.78, 5) is 31.1. The van der Waals surface area contributed by atoms with E-state index in [0.717, 1.165) is 6.54 Å². The third kappa shape index (κ3) is 12.3. The average Bonchev–Trinajstić information content (AvgIpc) is 3.16. The van der Waals surface area contributed by atoms with Gasteiger partial charge in [-0.2, -0.15) is 0 Å². The normalized spacial score (nSPS) is 45.7. The number of likely N-dealkylation sites (N-methyl/N-ethyl adjacent to an activating group) is 2. The number of ether oxygens (including phenoxy) is 6. The van der Waals surface area contributed by atoms with Gasteiger partial charge in [-0.05, 0) is 80.8 Å². The van der Waals surface area contributed by atoms with Gasteiger partial charge in [-0.15, -0.1) is 0 Å². The fourth-order valence-corrected chi connectivity index (χ4v) is 9.27. The first-order valence-corrected chi connectivity index (χ1v) is 21.4. The number of hydrogen-bond acceptors (Lipinski definition) is 16. The van der Waals surface area contributed by atoms with Crippen molar-refractivity contribution >= 4 is 11.9 Å². The minimum atomic E-state index is -1.97. The molecule has 3 aliphatic rings. The van der Waals surface area contributed by atoms with E-state index < -0.39 is 120 Å². The monoisotopic (exact) mass is 850 g/mol. The molecule has 19 atom stereocenters. The Morgan fingerprint density at radius 2 is 1.53 bits per heavy atom. The molecule has 3 saturated heterocycles. The Balaban J connectivity index is 2.12. The number of esters is 1. The number of nitrogens with zero attached hydrogens (tertiary/aromatic N) is 2. The number of carbonyl (C=O) groups is 2. The molecule has 3 aliphatic heterocycles. The van der Waals surface area contributed by atoms with Gasteiger partial charge >= 0.3 is 5.97 Å². The molecule has 0 saturated carbocycles. The molecule has 0 aromatic carbocycles. The zero-order valence-corrected chi connectivity index (χ0v) is 38.0. The maximum absolute atomic E-state index is 14.2. The van der Waals surface area contributed by atoms with Gasteiger partial charge in [0.25, 0.3) is 0 Å². The predicted octanol–water partition coefficient (Wildman–Crippen LogP) is 0.625. The summed E-state index contributed by atoms with van der Waals surface area (Å²) in [6.45, 7) is 17.8. The van der Waals surface area contributed by atoms with Crippen LogP contribution in [0.4, 0.5) is 0 Å². The van der Waals surface area contributed by atoms with E-state index in [1.807, 2.05) is 19.0 Å². The minimum absolute atomic E-state index is 0.0539. The highest BCUT2D eigenvalue weighted by Crippen LogP contribution is 2.41. The second kappa shape index (κ2) is 21.2. The fraction of sp³-hybridized carbons (Fsp3) is 0.952. The highest BCUT2D eigenvalue weighted by atomic mass is 16.7. The molecule has 0 spiro atoms. The van der Waals surface area contributed by atoms with Crippen LogP contribution in [0.3, 0.4) is 0 Å². The summed E-state index contributed by atoms with van der Waals surface area (Å²) in [6.07, 6.45) is -12.0. The first kappa shape index (κ1) is 51.8. The van der Waals surface area contributed by atoms with Crippen LogP contribution >= 0.6 is 0 Å². The number of rotatable bonds is 12. The molecule has 1 amide bonds. The average molecular weight is 850 g/mol. The van der Waals surface area contributed by atoms with Crippen molar-refractivity contribution in [3.63, 3.8) is 0 Å². The van der Waals surface area contributed by atoms with Gasteiger partial charge in [-0.1, -0.05) is 27.7 Å². The molecule has 0 aromatic heterocycles. The highest BCUT2D eigenvalue weighted by Gasteiger charge is 2.53. The SMILES string of the molecule is CC[C@H]1OC(=O)[C@H](C)[C@@H](O[C@H]2C[C@@](C)(OC)[C@@H](O)[C@H](C)O2)[C@H](C)[C@@H](O[C@@H]2O[C@H](C)C[C@H](N(C)C(=O)CNCCN(C)C)[C@H]2O)[C@](C)(O)C[C@@H](C)[C@H](O)[C@H](C)[C@@H](O)[C@]1(C)O. The number of aliphatic hydroxyl groups excluding tert-OH is 4. The van der Waals surface area contributed by atoms with Crippen LogP contribution in [0.5, 0.6) is 0 Å². The molecule has 0 aromatic rings. The lowest BCUT2D eigenvalue weighted by Crippen LogP contribution is -2.62. The molecule has 17 heteroatoms. The summed E-state index contributed by atoms with van der Waals surface area (Å²) in [5.74, 6) is -4.65. The van der Waals surface area contributed by atoms with Gasteiger partial charge in [0.05, 0.1) is 66.3 Å². The van der Waals surface area contributed by atoms with Gasteiger partial charge in [-0.3, -0.25) is 9.59 Å². The predicted molar refractivity (Wildman–Crippen MR) is 218 cm³/mol. The van der Waals surface area contributed by atoms with Gasteiger partial charge in [0, 0.05) is 45.5 Å². The lowest BCUT2D eigenvalue weighted by atomic mass is 9.73. The van der Waals surface area contributed by atoms with E-state index in [0.29, 0.717) is 13.0 Å². The first-order chi connectivity index (χ1) is 27.2. The summed E-state index contributed by atoms with van der Waals surface area (Å²) in [6, 6.07) is -0.719. The van der Waals surface area contributed by atoms with E-state index in [1.165, 1.54) is 25.9 Å². The molecule has 346 valence electrons. The maximum atomic E-state index is 14.2. The van der Waals surface area contributed by atoms with Crippen LogP contribution < -0.4 is 5.32 Å². The summed E-state index contributed by atoms with van der Waals surface area (Å²) in [5, 5.41) is 73.4. The van der Waals surface area contributed by atoms with Gasteiger partial charge in [0.1, 0.15) is 23.9 Å². The van der Waals surface area contributed by atoms with Crippen LogP contribution in [0.2, 0.25) is 0 Å². The molecule has 7 N–H and O–H groups in total. The Bertz CT molecular complexity index is 1340. The zero-order chi connectivity index (χ0) is 44.9. The second-order valence-electron chi connectivity index (χ2n) is 18.7. The quantitative estimate of drug-likeness (QED) is 0.106. The number of cyclic esters (lactones) is 1. The summed E-state index contributed by atoms with van der Waals surface area (Å²) < 4.78 is 37.4. The van der Waals surface area contributed by atoms with Crippen molar-refractivity contribution in [2.75, 3.05) is 47.9 Å². The van der Waals surface area contributed by atoms with E-state index in [9.17, 15) is 40.2 Å². The Labute approximate surface area is 352 Å². The van der Waals surface area contributed by atoms with Crippen molar-refractivity contribution in [3.8, 4) is 0 Å². The highest BCUT2D eigenvalue weighted by molar-refractivity contribution is 5.78. The number of hydrogen-bond donors (Lipinski definition) is 7.